The van der Waals surface area contributed by atoms with Gasteiger partial charge in [0.1, 0.15) is 0 Å². The number of carbonyl (C=O) groups is 1. The first-order valence-electron chi connectivity index (χ1n) is 4.81. The Bertz CT molecular complexity index is 453. The van der Waals surface area contributed by atoms with Crippen LogP contribution in [0.25, 0.3) is 0 Å². The Morgan fingerprint density at radius 1 is 1.50 bits per heavy atom. The number of carbonyl (C=O) groups excluding carboxylic acids is 1. The number of nitrogens with one attached hydrogen (secondary N) is 1. The number of hydrogen-bond acceptors (Lipinski definition) is 3. The number of hydrogen-bond donors (Lipinski definition) is 2. The van der Waals surface area contributed by atoms with Crippen molar-refractivity contribution in [3.63, 3.8) is 0 Å². The topological polar surface area (TPSA) is 102 Å². The third-order valence-electron chi connectivity index (χ3n) is 2.19. The summed E-state index contributed by atoms with van der Waals surface area (Å²) < 4.78 is 0. The number of amides is 2. The van der Waals surface area contributed by atoms with E-state index in [0.29, 0.717) is 23.8 Å². The normalized spacial score (nSPS) is 13.2. The highest BCUT2D eigenvalue weighted by molar-refractivity contribution is 6.30. The van der Waals surface area contributed by atoms with E-state index in [0.717, 1.165) is 0 Å². The Morgan fingerprint density at radius 2 is 2.22 bits per heavy atom. The van der Waals surface area contributed by atoms with Gasteiger partial charge in [-0.05, 0) is 18.2 Å². The average Bonchev–Trinajstić information content (AvgIpc) is 2.64. The molecule has 2 rings (SSSR count). The van der Waals surface area contributed by atoms with Crippen LogP contribution >= 0.6 is 24.0 Å². The van der Waals surface area contributed by atoms with Crippen LogP contribution in [0.15, 0.2) is 29.3 Å². The van der Waals surface area contributed by atoms with E-state index in [1.54, 1.807) is 24.3 Å². The third-order valence-corrected chi connectivity index (χ3v) is 2.43. The van der Waals surface area contributed by atoms with Crippen molar-refractivity contribution < 1.29 is 10.3 Å². The van der Waals surface area contributed by atoms with Gasteiger partial charge in [-0.2, -0.15) is 0 Å². The Hall–Kier alpha value is -1.50. The zero-order valence-electron chi connectivity index (χ0n) is 9.39. The molecule has 0 bridgehead atoms. The summed E-state index contributed by atoms with van der Waals surface area (Å²) >= 11 is 5.80. The third kappa shape index (κ3) is 3.76. The van der Waals surface area contributed by atoms with E-state index < -0.39 is 0 Å². The highest BCUT2D eigenvalue weighted by atomic mass is 35.5. The smallest absolute Gasteiger partial charge is 0.328 e. The van der Waals surface area contributed by atoms with Crippen LogP contribution in [0.2, 0.25) is 5.02 Å². The fourth-order valence-corrected chi connectivity index (χ4v) is 1.62. The number of rotatable bonds is 1. The number of anilines is 1. The number of nitrogens with zero attached hydrogens (tertiary/aromatic N) is 2. The first-order valence-corrected chi connectivity index (χ1v) is 5.18. The van der Waals surface area contributed by atoms with Crippen LogP contribution in [0.1, 0.15) is 0 Å². The summed E-state index contributed by atoms with van der Waals surface area (Å²) in [6.07, 6.45) is 0. The van der Waals surface area contributed by atoms with Crippen LogP contribution in [-0.2, 0) is 0 Å². The van der Waals surface area contributed by atoms with Crippen molar-refractivity contribution in [2.75, 3.05) is 18.4 Å². The average molecular weight is 293 g/mol. The number of urea groups is 1. The van der Waals surface area contributed by atoms with E-state index in [1.807, 2.05) is 0 Å². The molecule has 0 saturated heterocycles. The highest BCUT2D eigenvalue weighted by Crippen LogP contribution is 2.15. The summed E-state index contributed by atoms with van der Waals surface area (Å²) in [5.41, 5.74) is 6.19. The van der Waals surface area contributed by atoms with E-state index in [-0.39, 0.29) is 29.9 Å². The van der Waals surface area contributed by atoms with Gasteiger partial charge in [0.05, 0.1) is 13.1 Å². The van der Waals surface area contributed by atoms with Crippen molar-refractivity contribution >= 4 is 41.7 Å². The van der Waals surface area contributed by atoms with Crippen LogP contribution in [-0.4, -0.2) is 35.5 Å². The van der Waals surface area contributed by atoms with E-state index in [1.165, 1.54) is 4.90 Å². The molecule has 0 aliphatic carbocycles. The lowest BCUT2D eigenvalue weighted by atomic mass is 10.3. The number of benzene rings is 1. The zero-order chi connectivity index (χ0) is 11.5. The maximum absolute atomic E-state index is 11.7. The molecule has 5 N–H and O–H groups in total. The predicted molar refractivity (Wildman–Crippen MR) is 74.5 cm³/mol. The van der Waals surface area contributed by atoms with Gasteiger partial charge in [0.15, 0.2) is 5.96 Å². The van der Waals surface area contributed by atoms with Crippen LogP contribution in [0.3, 0.4) is 0 Å². The molecule has 0 radical (unpaired) electrons. The molecular formula is C10H14Cl2N4O2. The molecule has 6 nitrogen and oxygen atoms in total. The minimum atomic E-state index is -0.291. The molecule has 0 saturated carbocycles. The molecule has 0 fully saturated rings. The SMILES string of the molecule is Cl.NC1=NCCN1C(=O)Nc1cccc(Cl)c1.O. The molecule has 100 valence electrons. The van der Waals surface area contributed by atoms with E-state index in [4.69, 9.17) is 17.3 Å². The van der Waals surface area contributed by atoms with Gasteiger partial charge in [0, 0.05) is 10.7 Å². The zero-order valence-corrected chi connectivity index (χ0v) is 11.0. The summed E-state index contributed by atoms with van der Waals surface area (Å²) in [7, 11) is 0. The predicted octanol–water partition coefficient (Wildman–Crippen LogP) is 1.10. The second-order valence-electron chi connectivity index (χ2n) is 3.33. The second kappa shape index (κ2) is 7.05. The molecule has 1 aromatic rings. The monoisotopic (exact) mass is 292 g/mol. The Balaban J connectivity index is 0.00000144. The van der Waals surface area contributed by atoms with Crippen LogP contribution < -0.4 is 11.1 Å². The van der Waals surface area contributed by atoms with Crippen LogP contribution in [0.4, 0.5) is 10.5 Å². The van der Waals surface area contributed by atoms with Crippen molar-refractivity contribution in [2.45, 2.75) is 0 Å². The van der Waals surface area contributed by atoms with Crippen molar-refractivity contribution in [1.29, 1.82) is 0 Å². The van der Waals surface area contributed by atoms with E-state index in [2.05, 4.69) is 10.3 Å². The lowest BCUT2D eigenvalue weighted by Crippen LogP contribution is -2.41. The maximum Gasteiger partial charge on any atom is 0.328 e. The summed E-state index contributed by atoms with van der Waals surface area (Å²) in [6.45, 7) is 1.06. The largest absolute Gasteiger partial charge is 0.412 e. The van der Waals surface area contributed by atoms with Crippen LogP contribution in [0, 0.1) is 0 Å². The summed E-state index contributed by atoms with van der Waals surface area (Å²) in [4.78, 5) is 17.1. The summed E-state index contributed by atoms with van der Waals surface area (Å²) in [5, 5.41) is 3.27. The molecule has 1 aromatic carbocycles. The van der Waals surface area contributed by atoms with E-state index in [9.17, 15) is 4.79 Å². The lowest BCUT2D eigenvalue weighted by Gasteiger charge is -2.16. The fraction of sp³-hybridized carbons (Fsp3) is 0.200. The van der Waals surface area contributed by atoms with Crippen molar-refractivity contribution in [1.82, 2.24) is 4.90 Å². The molecule has 8 heteroatoms. The molecule has 1 heterocycles. The molecule has 2 amide bonds. The van der Waals surface area contributed by atoms with Gasteiger partial charge in [0.2, 0.25) is 0 Å². The molecule has 0 atom stereocenters. The lowest BCUT2D eigenvalue weighted by molar-refractivity contribution is 0.236. The van der Waals surface area contributed by atoms with Gasteiger partial charge in [-0.25, -0.2) is 4.79 Å². The van der Waals surface area contributed by atoms with Crippen molar-refractivity contribution in [3.8, 4) is 0 Å². The Labute approximate surface area is 116 Å². The first kappa shape index (κ1) is 16.5. The molecule has 0 unspecified atom stereocenters. The van der Waals surface area contributed by atoms with Gasteiger partial charge in [-0.1, -0.05) is 17.7 Å². The molecule has 0 spiro atoms. The Kier molecular flexibility index (Phi) is 6.46. The fourth-order valence-electron chi connectivity index (χ4n) is 1.43. The quantitative estimate of drug-likeness (QED) is 0.809. The number of halogens is 2. The molecule has 18 heavy (non-hydrogen) atoms. The highest BCUT2D eigenvalue weighted by Gasteiger charge is 2.20. The number of guanidine groups is 1. The van der Waals surface area contributed by atoms with E-state index >= 15 is 0 Å². The number of aliphatic imine (C=N–C) groups is 1. The maximum atomic E-state index is 11.7. The van der Waals surface area contributed by atoms with Gasteiger partial charge in [-0.15, -0.1) is 12.4 Å². The Morgan fingerprint density at radius 3 is 2.78 bits per heavy atom. The summed E-state index contributed by atoms with van der Waals surface area (Å²) in [6, 6.07) is 6.64. The van der Waals surface area contributed by atoms with Crippen LogP contribution in [0.5, 0.6) is 0 Å². The standard InChI is InChI=1S/C10H11ClN4O.ClH.H2O/c11-7-2-1-3-8(6-7)14-10(16)15-5-4-13-9(15)12;;/h1-3,6H,4-5H2,(H2,12,13)(H,14,16);1H;1H2. The summed E-state index contributed by atoms with van der Waals surface area (Å²) in [5.74, 6) is 0.250. The molecular weight excluding hydrogens is 279 g/mol. The van der Waals surface area contributed by atoms with Gasteiger partial charge in [0.25, 0.3) is 0 Å². The van der Waals surface area contributed by atoms with Gasteiger partial charge < -0.3 is 16.5 Å². The minimum Gasteiger partial charge on any atom is -0.412 e. The molecule has 1 aliphatic heterocycles. The molecule has 1 aliphatic rings. The first-order chi connectivity index (χ1) is 7.66. The second-order valence-corrected chi connectivity index (χ2v) is 3.77. The van der Waals surface area contributed by atoms with Gasteiger partial charge >= 0.3 is 6.03 Å². The van der Waals surface area contributed by atoms with Crippen molar-refractivity contribution in [3.05, 3.63) is 29.3 Å². The van der Waals surface area contributed by atoms with Crippen molar-refractivity contribution in [2.24, 2.45) is 10.7 Å². The minimum absolute atomic E-state index is 0. The molecule has 0 aromatic heterocycles. The number of nitrogens with two attached hydrogens (primary N) is 1. The van der Waals surface area contributed by atoms with Gasteiger partial charge in [-0.3, -0.25) is 9.89 Å².